The maximum absolute atomic E-state index is 14.4. The molecule has 0 fully saturated rings. The predicted molar refractivity (Wildman–Crippen MR) is 106 cm³/mol. The average Bonchev–Trinajstić information content (AvgIpc) is 3.23. The van der Waals surface area contributed by atoms with E-state index in [0.717, 1.165) is 28.2 Å². The van der Waals surface area contributed by atoms with Gasteiger partial charge in [0.1, 0.15) is 12.4 Å². The van der Waals surface area contributed by atoms with Crippen molar-refractivity contribution in [2.24, 2.45) is 4.99 Å². The van der Waals surface area contributed by atoms with E-state index in [1.165, 1.54) is 15.9 Å². The van der Waals surface area contributed by atoms with Gasteiger partial charge in [0, 0.05) is 6.07 Å². The highest BCUT2D eigenvalue weighted by molar-refractivity contribution is 7.20. The van der Waals surface area contributed by atoms with Gasteiger partial charge in [-0.2, -0.15) is 4.99 Å². The number of amides is 1. The first kappa shape index (κ1) is 19.3. The van der Waals surface area contributed by atoms with E-state index in [0.29, 0.717) is 5.52 Å². The molecular weight excluding hydrogens is 420 g/mol. The van der Waals surface area contributed by atoms with Crippen molar-refractivity contribution in [2.45, 2.75) is 13.5 Å². The summed E-state index contributed by atoms with van der Waals surface area (Å²) in [6.45, 7) is 1.43. The van der Waals surface area contributed by atoms with E-state index in [1.54, 1.807) is 13.0 Å². The van der Waals surface area contributed by atoms with Crippen LogP contribution in [0.2, 0.25) is 0 Å². The Kier molecular flexibility index (Phi) is 5.20. The minimum absolute atomic E-state index is 0.0136. The Hall–Kier alpha value is -2.98. The lowest BCUT2D eigenvalue weighted by molar-refractivity contribution is -0.143. The minimum atomic E-state index is -0.852. The van der Waals surface area contributed by atoms with Crippen molar-refractivity contribution in [2.75, 3.05) is 6.61 Å². The first-order valence-corrected chi connectivity index (χ1v) is 10.2. The van der Waals surface area contributed by atoms with Crippen LogP contribution in [0, 0.1) is 11.6 Å². The summed E-state index contributed by atoms with van der Waals surface area (Å²) < 4.78 is 35.2. The molecule has 0 spiro atoms. The van der Waals surface area contributed by atoms with Crippen LogP contribution in [0.4, 0.5) is 8.78 Å². The summed E-state index contributed by atoms with van der Waals surface area (Å²) in [7, 11) is 0. The summed E-state index contributed by atoms with van der Waals surface area (Å²) in [5.74, 6) is -2.86. The van der Waals surface area contributed by atoms with E-state index >= 15 is 0 Å². The molecule has 2 aromatic carbocycles. The molecule has 0 aliphatic rings. The normalized spacial score (nSPS) is 12.0. The van der Waals surface area contributed by atoms with Gasteiger partial charge in [-0.15, -0.1) is 11.3 Å². The quantitative estimate of drug-likeness (QED) is 0.458. The van der Waals surface area contributed by atoms with E-state index in [1.807, 2.05) is 18.2 Å². The smallest absolute Gasteiger partial charge is 0.326 e. The molecule has 0 aliphatic heterocycles. The van der Waals surface area contributed by atoms with Gasteiger partial charge in [0.05, 0.1) is 27.0 Å². The number of rotatable bonds is 4. The number of aromatic nitrogens is 2. The first-order valence-electron chi connectivity index (χ1n) is 8.55. The molecule has 0 aliphatic carbocycles. The molecule has 0 radical (unpaired) electrons. The Balaban J connectivity index is 1.85. The van der Waals surface area contributed by atoms with Crippen LogP contribution in [0.5, 0.6) is 0 Å². The van der Waals surface area contributed by atoms with Gasteiger partial charge >= 0.3 is 11.9 Å². The van der Waals surface area contributed by atoms with E-state index in [9.17, 15) is 18.4 Å². The fraction of sp³-hybridized carbons (Fsp3) is 0.158. The van der Waals surface area contributed by atoms with Crippen LogP contribution in [-0.4, -0.2) is 28.0 Å². The zero-order chi connectivity index (χ0) is 20.5. The fourth-order valence-electron chi connectivity index (χ4n) is 2.80. The Morgan fingerprint density at radius 2 is 1.97 bits per heavy atom. The third-order valence-electron chi connectivity index (χ3n) is 3.96. The van der Waals surface area contributed by atoms with Crippen LogP contribution in [-0.2, 0) is 16.1 Å². The average molecular weight is 433 g/mol. The van der Waals surface area contributed by atoms with Crippen molar-refractivity contribution in [3.05, 3.63) is 57.8 Å². The van der Waals surface area contributed by atoms with Gasteiger partial charge < -0.3 is 9.30 Å². The van der Waals surface area contributed by atoms with Gasteiger partial charge in [0.2, 0.25) is 0 Å². The lowest BCUT2D eigenvalue weighted by Crippen LogP contribution is -2.23. The minimum Gasteiger partial charge on any atom is -0.465 e. The number of ether oxygens (including phenoxy) is 1. The Morgan fingerprint density at radius 1 is 1.17 bits per heavy atom. The largest absolute Gasteiger partial charge is 0.465 e. The Labute approximate surface area is 170 Å². The maximum atomic E-state index is 14.4. The van der Waals surface area contributed by atoms with E-state index < -0.39 is 23.5 Å². The van der Waals surface area contributed by atoms with E-state index in [-0.39, 0.29) is 33.2 Å². The summed E-state index contributed by atoms with van der Waals surface area (Å²) in [6.07, 6.45) is 0. The number of halogens is 2. The lowest BCUT2D eigenvalue weighted by atomic mass is 10.3. The molecule has 0 saturated carbocycles. The summed E-state index contributed by atoms with van der Waals surface area (Å²) in [4.78, 5) is 33.0. The number of hydrogen-bond acceptors (Lipinski definition) is 6. The van der Waals surface area contributed by atoms with E-state index in [4.69, 9.17) is 4.74 Å². The topological polar surface area (TPSA) is 73.6 Å². The van der Waals surface area contributed by atoms with Crippen LogP contribution in [0.15, 0.2) is 41.4 Å². The third-order valence-corrected chi connectivity index (χ3v) is 6.01. The van der Waals surface area contributed by atoms with Crippen molar-refractivity contribution in [1.29, 1.82) is 0 Å². The van der Waals surface area contributed by atoms with Gasteiger partial charge in [-0.05, 0) is 25.1 Å². The Bertz CT molecular complexity index is 1290. The molecule has 148 valence electrons. The lowest BCUT2D eigenvalue weighted by Gasteiger charge is -2.05. The number of benzene rings is 2. The molecule has 29 heavy (non-hydrogen) atoms. The number of thiazole rings is 2. The number of hydrogen-bond donors (Lipinski definition) is 0. The second-order valence-electron chi connectivity index (χ2n) is 5.91. The van der Waals surface area contributed by atoms with Gasteiger partial charge in [-0.25, -0.2) is 13.8 Å². The number of fused-ring (bicyclic) bond motifs is 2. The number of carbonyl (C=O) groups excluding carboxylic acids is 2. The molecule has 0 bridgehead atoms. The number of para-hydroxylation sites is 1. The third kappa shape index (κ3) is 3.81. The van der Waals surface area contributed by atoms with Crippen LogP contribution in [0.25, 0.3) is 20.4 Å². The Morgan fingerprint density at radius 3 is 2.72 bits per heavy atom. The molecule has 2 heterocycles. The highest BCUT2D eigenvalue weighted by Crippen LogP contribution is 2.24. The number of carbonyl (C=O) groups is 2. The monoisotopic (exact) mass is 433 g/mol. The van der Waals surface area contributed by atoms with Crippen LogP contribution >= 0.6 is 22.7 Å². The standard InChI is InChI=1S/C19H13F2N3O3S2/c1-2-27-15(25)9-24-16-11(21)7-10(20)8-14(16)29-19(24)23-17(26)18-22-12-5-3-4-6-13(12)28-18/h3-8H,2,9H2,1H3. The highest BCUT2D eigenvalue weighted by Gasteiger charge is 2.18. The van der Waals surface area contributed by atoms with Gasteiger partial charge in [-0.1, -0.05) is 23.5 Å². The molecule has 2 aromatic heterocycles. The molecule has 1 amide bonds. The summed E-state index contributed by atoms with van der Waals surface area (Å²) >= 11 is 2.09. The number of nitrogens with zero attached hydrogens (tertiary/aromatic N) is 3. The molecular formula is C19H13F2N3O3S2. The first-order chi connectivity index (χ1) is 14.0. The second kappa shape index (κ2) is 7.80. The van der Waals surface area contributed by atoms with Gasteiger partial charge in [0.25, 0.3) is 0 Å². The summed E-state index contributed by atoms with van der Waals surface area (Å²) in [5, 5.41) is 0.165. The van der Waals surface area contributed by atoms with E-state index in [2.05, 4.69) is 9.98 Å². The molecule has 10 heteroatoms. The summed E-state index contributed by atoms with van der Waals surface area (Å²) in [5.41, 5.74) is 0.653. The second-order valence-corrected chi connectivity index (χ2v) is 7.95. The van der Waals surface area contributed by atoms with Crippen molar-refractivity contribution >= 4 is 55.0 Å². The van der Waals surface area contributed by atoms with Gasteiger partial charge in [0.15, 0.2) is 15.6 Å². The van der Waals surface area contributed by atoms with Crippen LogP contribution in [0.3, 0.4) is 0 Å². The molecule has 6 nitrogen and oxygen atoms in total. The molecule has 4 aromatic rings. The van der Waals surface area contributed by atoms with Crippen LogP contribution < -0.4 is 4.80 Å². The van der Waals surface area contributed by atoms with Crippen molar-refractivity contribution in [1.82, 2.24) is 9.55 Å². The van der Waals surface area contributed by atoms with Crippen molar-refractivity contribution < 1.29 is 23.1 Å². The van der Waals surface area contributed by atoms with Crippen LogP contribution in [0.1, 0.15) is 16.7 Å². The van der Waals surface area contributed by atoms with Gasteiger partial charge in [-0.3, -0.25) is 9.59 Å². The van der Waals surface area contributed by atoms with Crippen molar-refractivity contribution in [3.8, 4) is 0 Å². The molecule has 0 N–H and O–H groups in total. The zero-order valence-corrected chi connectivity index (χ0v) is 16.7. The molecule has 4 rings (SSSR count). The fourth-order valence-corrected chi connectivity index (χ4v) is 4.71. The predicted octanol–water partition coefficient (Wildman–Crippen LogP) is 3.89. The summed E-state index contributed by atoms with van der Waals surface area (Å²) in [6, 6.07) is 9.11. The SMILES string of the molecule is CCOC(=O)Cn1c(=NC(=O)c2nc3ccccc3s2)sc2cc(F)cc(F)c21. The zero-order valence-electron chi connectivity index (χ0n) is 15.0. The van der Waals surface area contributed by atoms with Crippen molar-refractivity contribution in [3.63, 3.8) is 0 Å². The highest BCUT2D eigenvalue weighted by atomic mass is 32.1. The maximum Gasteiger partial charge on any atom is 0.326 e. The molecule has 0 saturated heterocycles. The molecule has 0 unspecified atom stereocenters. The molecule has 0 atom stereocenters. The number of esters is 1.